The summed E-state index contributed by atoms with van der Waals surface area (Å²) in [5.41, 5.74) is 0.173. The van der Waals surface area contributed by atoms with Crippen molar-refractivity contribution in [3.63, 3.8) is 0 Å². The maximum Gasteiger partial charge on any atom is 0.245 e. The molecule has 0 unspecified atom stereocenters. The molecular formula is C20H32N4O3. The van der Waals surface area contributed by atoms with Gasteiger partial charge in [0.1, 0.15) is 11.9 Å². The lowest BCUT2D eigenvalue weighted by atomic mass is 9.72. The Labute approximate surface area is 161 Å². The standard InChI is InChI=1S/C20H32N4O3/c1-16(24-13-9-21-17(24)2)19(26)22-11-7-20(8-12-22)6-5-18(25)23(15-20)10-4-14-27-3/h9,13,16H,4-8,10-12,14-15H2,1-3H3/t16-/m1/s1. The zero-order valence-corrected chi connectivity index (χ0v) is 16.8. The summed E-state index contributed by atoms with van der Waals surface area (Å²) < 4.78 is 7.05. The van der Waals surface area contributed by atoms with Gasteiger partial charge in [0.25, 0.3) is 0 Å². The Morgan fingerprint density at radius 1 is 1.33 bits per heavy atom. The molecule has 0 bridgehead atoms. The second-order valence-corrected chi connectivity index (χ2v) is 8.04. The zero-order valence-electron chi connectivity index (χ0n) is 16.8. The summed E-state index contributed by atoms with van der Waals surface area (Å²) >= 11 is 0. The second kappa shape index (κ2) is 8.42. The highest BCUT2D eigenvalue weighted by atomic mass is 16.5. The van der Waals surface area contributed by atoms with Gasteiger partial charge in [0.05, 0.1) is 0 Å². The first-order valence-corrected chi connectivity index (χ1v) is 10.0. The number of carbonyl (C=O) groups excluding carboxylic acids is 2. The van der Waals surface area contributed by atoms with Crippen molar-refractivity contribution >= 4 is 11.8 Å². The summed E-state index contributed by atoms with van der Waals surface area (Å²) in [7, 11) is 1.69. The van der Waals surface area contributed by atoms with Gasteiger partial charge in [0.2, 0.25) is 11.8 Å². The molecule has 1 spiro atoms. The fraction of sp³-hybridized carbons (Fsp3) is 0.750. The van der Waals surface area contributed by atoms with Crippen LogP contribution in [0.2, 0.25) is 0 Å². The molecule has 2 saturated heterocycles. The van der Waals surface area contributed by atoms with E-state index in [2.05, 4.69) is 4.98 Å². The lowest BCUT2D eigenvalue weighted by Gasteiger charge is -2.47. The van der Waals surface area contributed by atoms with Crippen molar-refractivity contribution in [2.24, 2.45) is 5.41 Å². The average molecular weight is 377 g/mol. The van der Waals surface area contributed by atoms with Crippen LogP contribution in [0.25, 0.3) is 0 Å². The Bertz CT molecular complexity index is 664. The monoisotopic (exact) mass is 376 g/mol. The number of nitrogens with zero attached hydrogens (tertiary/aromatic N) is 4. The van der Waals surface area contributed by atoms with Crippen molar-refractivity contribution in [1.29, 1.82) is 0 Å². The molecule has 0 radical (unpaired) electrons. The fourth-order valence-electron chi connectivity index (χ4n) is 4.50. The van der Waals surface area contributed by atoms with E-state index in [-0.39, 0.29) is 23.3 Å². The number of aromatic nitrogens is 2. The predicted octanol–water partition coefficient (Wildman–Crippen LogP) is 2.02. The average Bonchev–Trinajstić information content (AvgIpc) is 3.10. The van der Waals surface area contributed by atoms with E-state index in [1.807, 2.05) is 34.4 Å². The molecule has 7 nitrogen and oxygen atoms in total. The van der Waals surface area contributed by atoms with Crippen LogP contribution in [-0.2, 0) is 14.3 Å². The topological polar surface area (TPSA) is 67.7 Å². The van der Waals surface area contributed by atoms with Crippen molar-refractivity contribution in [3.05, 3.63) is 18.2 Å². The number of hydrogen-bond donors (Lipinski definition) is 0. The van der Waals surface area contributed by atoms with Crippen molar-refractivity contribution in [2.75, 3.05) is 39.9 Å². The van der Waals surface area contributed by atoms with Gasteiger partial charge in [0.15, 0.2) is 0 Å². The van der Waals surface area contributed by atoms with Gasteiger partial charge in [-0.05, 0) is 44.9 Å². The van der Waals surface area contributed by atoms with Gasteiger partial charge in [-0.15, -0.1) is 0 Å². The van der Waals surface area contributed by atoms with Gasteiger partial charge in [-0.1, -0.05) is 0 Å². The molecule has 2 amide bonds. The molecule has 1 atom stereocenters. The molecule has 27 heavy (non-hydrogen) atoms. The van der Waals surface area contributed by atoms with E-state index in [1.54, 1.807) is 13.3 Å². The van der Waals surface area contributed by atoms with Gasteiger partial charge in [-0.3, -0.25) is 9.59 Å². The molecule has 2 aliphatic heterocycles. The molecule has 3 heterocycles. The van der Waals surface area contributed by atoms with Crippen molar-refractivity contribution in [3.8, 4) is 0 Å². The molecule has 3 rings (SSSR count). The Morgan fingerprint density at radius 3 is 2.70 bits per heavy atom. The highest BCUT2D eigenvalue weighted by Gasteiger charge is 2.42. The van der Waals surface area contributed by atoms with Gasteiger partial charge >= 0.3 is 0 Å². The molecule has 1 aromatic rings. The molecule has 1 aromatic heterocycles. The number of likely N-dealkylation sites (tertiary alicyclic amines) is 2. The van der Waals surface area contributed by atoms with E-state index in [4.69, 9.17) is 4.74 Å². The molecular weight excluding hydrogens is 344 g/mol. The number of rotatable bonds is 6. The maximum absolute atomic E-state index is 12.9. The SMILES string of the molecule is COCCCN1CC2(CCC1=O)CCN(C(=O)[C@@H](C)n1ccnc1C)CC2. The predicted molar refractivity (Wildman–Crippen MR) is 102 cm³/mol. The van der Waals surface area contributed by atoms with Crippen molar-refractivity contribution < 1.29 is 14.3 Å². The summed E-state index contributed by atoms with van der Waals surface area (Å²) in [5, 5.41) is 0. The number of amides is 2. The van der Waals surface area contributed by atoms with Crippen LogP contribution in [0.5, 0.6) is 0 Å². The van der Waals surface area contributed by atoms with Crippen LogP contribution in [0.4, 0.5) is 0 Å². The van der Waals surface area contributed by atoms with Crippen LogP contribution in [0.3, 0.4) is 0 Å². The minimum atomic E-state index is -0.222. The Hall–Kier alpha value is -1.89. The van der Waals surface area contributed by atoms with Gasteiger partial charge in [0, 0.05) is 58.7 Å². The van der Waals surface area contributed by atoms with E-state index in [0.29, 0.717) is 13.0 Å². The lowest BCUT2D eigenvalue weighted by molar-refractivity contribution is -0.143. The lowest BCUT2D eigenvalue weighted by Crippen LogP contribution is -2.53. The summed E-state index contributed by atoms with van der Waals surface area (Å²) in [6.45, 7) is 7.70. The number of imidazole rings is 1. The Kier molecular flexibility index (Phi) is 6.19. The summed E-state index contributed by atoms with van der Waals surface area (Å²) in [5.74, 6) is 1.29. The Morgan fingerprint density at radius 2 is 2.07 bits per heavy atom. The first-order valence-electron chi connectivity index (χ1n) is 10.0. The van der Waals surface area contributed by atoms with E-state index in [9.17, 15) is 9.59 Å². The highest BCUT2D eigenvalue weighted by Crippen LogP contribution is 2.40. The van der Waals surface area contributed by atoms with Crippen LogP contribution in [0.1, 0.15) is 50.9 Å². The van der Waals surface area contributed by atoms with E-state index < -0.39 is 0 Å². The van der Waals surface area contributed by atoms with Crippen LogP contribution in [0, 0.1) is 12.3 Å². The van der Waals surface area contributed by atoms with Gasteiger partial charge in [-0.2, -0.15) is 0 Å². The van der Waals surface area contributed by atoms with Crippen LogP contribution >= 0.6 is 0 Å². The third-order valence-electron chi connectivity index (χ3n) is 6.30. The fourth-order valence-corrected chi connectivity index (χ4v) is 4.50. The molecule has 2 fully saturated rings. The van der Waals surface area contributed by atoms with Crippen molar-refractivity contribution in [1.82, 2.24) is 19.4 Å². The summed E-state index contributed by atoms with van der Waals surface area (Å²) in [4.78, 5) is 33.4. The second-order valence-electron chi connectivity index (χ2n) is 8.04. The molecule has 2 aliphatic rings. The zero-order chi connectivity index (χ0) is 19.4. The molecule has 0 N–H and O–H groups in total. The van der Waals surface area contributed by atoms with Crippen molar-refractivity contribution in [2.45, 2.75) is 52.0 Å². The number of carbonyl (C=O) groups is 2. The Balaban J connectivity index is 1.56. The van der Waals surface area contributed by atoms with Gasteiger partial charge in [-0.25, -0.2) is 4.98 Å². The smallest absolute Gasteiger partial charge is 0.245 e. The minimum absolute atomic E-state index is 0.162. The summed E-state index contributed by atoms with van der Waals surface area (Å²) in [6.07, 6.45) is 8.02. The number of hydrogen-bond acceptors (Lipinski definition) is 4. The van der Waals surface area contributed by atoms with E-state index in [1.165, 1.54) is 0 Å². The molecule has 0 aromatic carbocycles. The molecule has 0 aliphatic carbocycles. The number of ether oxygens (including phenoxy) is 1. The van der Waals surface area contributed by atoms with Crippen LogP contribution < -0.4 is 0 Å². The third-order valence-corrected chi connectivity index (χ3v) is 6.30. The van der Waals surface area contributed by atoms with Gasteiger partial charge < -0.3 is 19.1 Å². The van der Waals surface area contributed by atoms with E-state index >= 15 is 0 Å². The third kappa shape index (κ3) is 4.34. The van der Waals surface area contributed by atoms with Crippen LogP contribution in [0.15, 0.2) is 12.4 Å². The molecule has 0 saturated carbocycles. The van der Waals surface area contributed by atoms with Crippen LogP contribution in [-0.4, -0.2) is 71.1 Å². The quantitative estimate of drug-likeness (QED) is 0.713. The summed E-state index contributed by atoms with van der Waals surface area (Å²) in [6, 6.07) is -0.222. The number of piperidine rings is 2. The molecule has 150 valence electrons. The minimum Gasteiger partial charge on any atom is -0.385 e. The normalized spacial score (nSPS) is 20.9. The number of methoxy groups -OCH3 is 1. The molecule has 7 heteroatoms. The largest absolute Gasteiger partial charge is 0.385 e. The first kappa shape index (κ1) is 19.9. The maximum atomic E-state index is 12.9. The number of aryl methyl sites for hydroxylation is 1. The van der Waals surface area contributed by atoms with E-state index in [0.717, 1.165) is 57.7 Å². The highest BCUT2D eigenvalue weighted by molar-refractivity contribution is 5.80. The first-order chi connectivity index (χ1) is 13.0.